The van der Waals surface area contributed by atoms with Crippen LogP contribution in [0.1, 0.15) is 13.3 Å². The van der Waals surface area contributed by atoms with E-state index < -0.39 is 5.03 Å². The maximum Gasteiger partial charge on any atom is 0.276 e. The van der Waals surface area contributed by atoms with Gasteiger partial charge in [0.15, 0.2) is 5.03 Å². The Morgan fingerprint density at radius 2 is 2.41 bits per heavy atom. The molecule has 8 heteroatoms. The Labute approximate surface area is 99.3 Å². The average molecular weight is 243 g/mol. The van der Waals surface area contributed by atoms with E-state index in [4.69, 9.17) is 4.74 Å². The van der Waals surface area contributed by atoms with E-state index in [1.165, 1.54) is 0 Å². The molecule has 0 amide bonds. The normalized spacial score (nSPS) is 32.2. The lowest BCUT2D eigenvalue weighted by Crippen LogP contribution is -2.63. The molecule has 2 heterocycles. The first kappa shape index (κ1) is 12.1. The van der Waals surface area contributed by atoms with Gasteiger partial charge in [0.2, 0.25) is 0 Å². The summed E-state index contributed by atoms with van der Waals surface area (Å²) >= 11 is 0. The van der Waals surface area contributed by atoms with Gasteiger partial charge in [-0.1, -0.05) is 0 Å². The van der Waals surface area contributed by atoms with E-state index in [0.717, 1.165) is 6.42 Å². The molecule has 8 nitrogen and oxygen atoms in total. The van der Waals surface area contributed by atoms with Crippen molar-refractivity contribution in [1.29, 1.82) is 0 Å². The maximum atomic E-state index is 10.6. The summed E-state index contributed by atoms with van der Waals surface area (Å²) in [5.41, 5.74) is 0. The Kier molecular flexibility index (Phi) is 3.43. The van der Waals surface area contributed by atoms with Crippen LogP contribution in [0.2, 0.25) is 0 Å². The number of hydrazone groups is 1. The molecular weight excluding hydrogens is 226 g/mol. The molecule has 1 N–H and O–H groups in total. The minimum absolute atomic E-state index is 0.0345. The summed E-state index contributed by atoms with van der Waals surface area (Å²) in [7, 11) is 1.79. The van der Waals surface area contributed by atoms with Gasteiger partial charge in [-0.15, -0.1) is 0 Å². The molecule has 2 aliphatic heterocycles. The minimum Gasteiger partial charge on any atom is -0.379 e. The Bertz CT molecular complexity index is 329. The first-order valence-electron chi connectivity index (χ1n) is 5.63. The predicted octanol–water partition coefficient (Wildman–Crippen LogP) is -0.536. The zero-order valence-electron chi connectivity index (χ0n) is 10.00. The van der Waals surface area contributed by atoms with Crippen LogP contribution < -0.4 is 5.32 Å². The van der Waals surface area contributed by atoms with Crippen molar-refractivity contribution < 1.29 is 9.77 Å². The molecule has 0 saturated carbocycles. The number of hydrogen-bond donors (Lipinski definition) is 1. The van der Waals surface area contributed by atoms with Gasteiger partial charge in [0.05, 0.1) is 25.5 Å². The van der Waals surface area contributed by atoms with Crippen molar-refractivity contribution >= 4 is 5.96 Å². The molecule has 0 bridgehead atoms. The van der Waals surface area contributed by atoms with Crippen LogP contribution >= 0.6 is 0 Å². The molecule has 2 saturated heterocycles. The van der Waals surface area contributed by atoms with Gasteiger partial charge in [0.1, 0.15) is 5.10 Å². The minimum atomic E-state index is -0.646. The number of hydrogen-bond acceptors (Lipinski definition) is 4. The molecule has 0 spiro atoms. The average Bonchev–Trinajstić information content (AvgIpc) is 2.78. The van der Waals surface area contributed by atoms with E-state index >= 15 is 0 Å². The van der Waals surface area contributed by atoms with Crippen LogP contribution in [0.5, 0.6) is 0 Å². The van der Waals surface area contributed by atoms with Gasteiger partial charge in [-0.2, -0.15) is 0 Å². The quantitative estimate of drug-likeness (QED) is 0.518. The van der Waals surface area contributed by atoms with E-state index in [-0.39, 0.29) is 12.2 Å². The zero-order valence-corrected chi connectivity index (χ0v) is 10.00. The molecule has 0 aromatic heterocycles. The van der Waals surface area contributed by atoms with Crippen molar-refractivity contribution in [2.24, 2.45) is 5.10 Å². The van der Waals surface area contributed by atoms with Gasteiger partial charge < -0.3 is 14.5 Å². The van der Waals surface area contributed by atoms with Gasteiger partial charge in [-0.3, -0.25) is 5.32 Å². The summed E-state index contributed by atoms with van der Waals surface area (Å²) in [5.74, 6) is 0.400. The molecule has 17 heavy (non-hydrogen) atoms. The molecule has 0 aliphatic carbocycles. The first-order valence-corrected chi connectivity index (χ1v) is 5.63. The molecule has 2 aliphatic rings. The second-order valence-electron chi connectivity index (χ2n) is 4.27. The second kappa shape index (κ2) is 4.84. The topological polar surface area (TPSA) is 83.2 Å². The summed E-state index contributed by atoms with van der Waals surface area (Å²) in [4.78, 5) is 14.3. The van der Waals surface area contributed by atoms with Crippen LogP contribution in [0.25, 0.3) is 0 Å². The van der Waals surface area contributed by atoms with Gasteiger partial charge >= 0.3 is 0 Å². The van der Waals surface area contributed by atoms with E-state index in [1.807, 2.05) is 11.8 Å². The van der Waals surface area contributed by atoms with Crippen molar-refractivity contribution in [3.05, 3.63) is 10.1 Å². The molecule has 0 aromatic rings. The van der Waals surface area contributed by atoms with Crippen LogP contribution in [-0.4, -0.2) is 59.9 Å². The third-order valence-electron chi connectivity index (χ3n) is 3.23. The fraction of sp³-hybridized carbons (Fsp3) is 0.889. The van der Waals surface area contributed by atoms with Crippen LogP contribution in [0.4, 0.5) is 0 Å². The summed E-state index contributed by atoms with van der Waals surface area (Å²) in [6.45, 7) is 3.80. The Hall–Kier alpha value is -1.41. The van der Waals surface area contributed by atoms with Crippen molar-refractivity contribution in [2.45, 2.75) is 25.6 Å². The lowest BCUT2D eigenvalue weighted by Gasteiger charge is -2.42. The van der Waals surface area contributed by atoms with Gasteiger partial charge in [-0.05, 0) is 13.3 Å². The number of rotatable bonds is 2. The molecular formula is C9H17N5O3. The molecule has 2 rings (SSSR count). The summed E-state index contributed by atoms with van der Waals surface area (Å²) in [6.07, 6.45) is 0.910. The third-order valence-corrected chi connectivity index (χ3v) is 3.23. The highest BCUT2D eigenvalue weighted by Crippen LogP contribution is 2.17. The molecule has 0 aromatic carbocycles. The lowest BCUT2D eigenvalue weighted by molar-refractivity contribution is -0.486. The summed E-state index contributed by atoms with van der Waals surface area (Å²) in [6, 6.07) is 0.163. The Morgan fingerprint density at radius 3 is 3.00 bits per heavy atom. The number of nitro groups is 1. The number of guanidine groups is 1. The van der Waals surface area contributed by atoms with E-state index in [9.17, 15) is 10.1 Å². The monoisotopic (exact) mass is 243 g/mol. The van der Waals surface area contributed by atoms with Crippen LogP contribution in [0.3, 0.4) is 0 Å². The fourth-order valence-corrected chi connectivity index (χ4v) is 2.08. The molecule has 2 fully saturated rings. The van der Waals surface area contributed by atoms with Crippen molar-refractivity contribution in [3.8, 4) is 0 Å². The smallest absolute Gasteiger partial charge is 0.276 e. The number of ether oxygens (including phenoxy) is 1. The van der Waals surface area contributed by atoms with Crippen LogP contribution in [-0.2, 0) is 4.74 Å². The van der Waals surface area contributed by atoms with Crippen molar-refractivity contribution in [1.82, 2.24) is 15.1 Å². The largest absolute Gasteiger partial charge is 0.379 e. The number of nitrogens with one attached hydrogen (secondary N) is 1. The predicted molar refractivity (Wildman–Crippen MR) is 60.7 cm³/mol. The third kappa shape index (κ3) is 2.47. The highest BCUT2D eigenvalue weighted by Gasteiger charge is 2.34. The summed E-state index contributed by atoms with van der Waals surface area (Å²) in [5, 5.41) is 16.7. The fourth-order valence-electron chi connectivity index (χ4n) is 2.08. The summed E-state index contributed by atoms with van der Waals surface area (Å²) < 4.78 is 5.31. The molecule has 2 unspecified atom stereocenters. The van der Waals surface area contributed by atoms with E-state index in [1.54, 1.807) is 11.9 Å². The van der Waals surface area contributed by atoms with Crippen LogP contribution in [0.15, 0.2) is 5.10 Å². The van der Waals surface area contributed by atoms with Gasteiger partial charge in [0.25, 0.3) is 5.96 Å². The molecule has 96 valence electrons. The molecule has 2 atom stereocenters. The number of nitrogens with zero attached hydrogens (tertiary/aromatic N) is 4. The lowest BCUT2D eigenvalue weighted by atomic mass is 10.2. The first-order chi connectivity index (χ1) is 8.09. The standard InChI is InChI=1S/C9H17N5O3/c1-7-10-6-13(8-3-4-17-5-8)9(12(7)2)11-14(15)16/h7-8,10H,3-6H2,1-2H3. The SMILES string of the molecule is CC1NCN(C2CCOC2)C(=N[N+](=O)[O-])N1C. The van der Waals surface area contributed by atoms with E-state index in [2.05, 4.69) is 10.4 Å². The van der Waals surface area contributed by atoms with Gasteiger partial charge in [0, 0.05) is 13.7 Å². The highest BCUT2D eigenvalue weighted by atomic mass is 16.7. The van der Waals surface area contributed by atoms with Crippen LogP contribution in [0, 0.1) is 10.1 Å². The van der Waals surface area contributed by atoms with Crippen molar-refractivity contribution in [3.63, 3.8) is 0 Å². The Balaban J connectivity index is 2.20. The van der Waals surface area contributed by atoms with Crippen molar-refractivity contribution in [2.75, 3.05) is 26.9 Å². The zero-order chi connectivity index (χ0) is 12.4. The molecule has 0 radical (unpaired) electrons. The Morgan fingerprint density at radius 1 is 1.65 bits per heavy atom. The van der Waals surface area contributed by atoms with E-state index in [0.29, 0.717) is 25.8 Å². The van der Waals surface area contributed by atoms with Gasteiger partial charge in [-0.25, -0.2) is 10.1 Å². The second-order valence-corrected chi connectivity index (χ2v) is 4.27. The maximum absolute atomic E-state index is 10.6. The highest BCUT2D eigenvalue weighted by molar-refractivity contribution is 5.80.